The number of nitrogens with one attached hydrogen (secondary N) is 1. The van der Waals surface area contributed by atoms with Gasteiger partial charge in [-0.1, -0.05) is 43.9 Å². The fourth-order valence-corrected chi connectivity index (χ4v) is 3.14. The number of pyridine rings is 1. The number of aryl methyl sites for hydroxylation is 1. The predicted octanol–water partition coefficient (Wildman–Crippen LogP) is 4.40. The SMILES string of the molecule is Cc1nn(C(C)(C)C)c2nc(C(C)C)cc(C(=O)NCC#Cc3ccccc3)c12. The lowest BCUT2D eigenvalue weighted by Crippen LogP contribution is -2.25. The average molecular weight is 389 g/mol. The molecule has 0 unspecified atom stereocenters. The number of rotatable bonds is 3. The van der Waals surface area contributed by atoms with Crippen LogP contribution in [0.3, 0.4) is 0 Å². The first-order chi connectivity index (χ1) is 13.7. The van der Waals surface area contributed by atoms with Gasteiger partial charge < -0.3 is 5.32 Å². The van der Waals surface area contributed by atoms with Crippen LogP contribution in [0.5, 0.6) is 0 Å². The van der Waals surface area contributed by atoms with Gasteiger partial charge in [-0.25, -0.2) is 9.67 Å². The van der Waals surface area contributed by atoms with Gasteiger partial charge in [-0.3, -0.25) is 4.79 Å². The van der Waals surface area contributed by atoms with Crippen LogP contribution in [0.25, 0.3) is 11.0 Å². The summed E-state index contributed by atoms with van der Waals surface area (Å²) in [6.07, 6.45) is 0. The lowest BCUT2D eigenvalue weighted by molar-refractivity contribution is 0.0960. The molecule has 29 heavy (non-hydrogen) atoms. The van der Waals surface area contributed by atoms with Crippen molar-refractivity contribution in [1.29, 1.82) is 0 Å². The Balaban J connectivity index is 1.96. The smallest absolute Gasteiger partial charge is 0.252 e. The molecule has 0 fully saturated rings. The fourth-order valence-electron chi connectivity index (χ4n) is 3.14. The Kier molecular flexibility index (Phi) is 5.74. The molecule has 1 aromatic carbocycles. The van der Waals surface area contributed by atoms with Crippen LogP contribution in [0.15, 0.2) is 36.4 Å². The van der Waals surface area contributed by atoms with Gasteiger partial charge in [0.15, 0.2) is 5.65 Å². The van der Waals surface area contributed by atoms with Crippen molar-refractivity contribution >= 4 is 16.9 Å². The van der Waals surface area contributed by atoms with E-state index >= 15 is 0 Å². The Labute approximate surface area is 172 Å². The third-order valence-corrected chi connectivity index (χ3v) is 4.65. The van der Waals surface area contributed by atoms with Gasteiger partial charge >= 0.3 is 0 Å². The summed E-state index contributed by atoms with van der Waals surface area (Å²) in [5.41, 5.74) is 3.73. The van der Waals surface area contributed by atoms with E-state index in [1.807, 2.05) is 48.0 Å². The Morgan fingerprint density at radius 1 is 1.21 bits per heavy atom. The van der Waals surface area contributed by atoms with E-state index in [0.29, 0.717) is 5.56 Å². The largest absolute Gasteiger partial charge is 0.341 e. The Bertz CT molecular complexity index is 1090. The number of fused-ring (bicyclic) bond motifs is 1. The van der Waals surface area contributed by atoms with Crippen LogP contribution in [0, 0.1) is 18.8 Å². The van der Waals surface area contributed by atoms with Crippen molar-refractivity contribution < 1.29 is 4.79 Å². The molecule has 1 N–H and O–H groups in total. The van der Waals surface area contributed by atoms with E-state index in [4.69, 9.17) is 4.98 Å². The van der Waals surface area contributed by atoms with Crippen LogP contribution in [0.4, 0.5) is 0 Å². The maximum absolute atomic E-state index is 13.0. The van der Waals surface area contributed by atoms with Crippen molar-refractivity contribution in [2.75, 3.05) is 6.54 Å². The minimum absolute atomic E-state index is 0.154. The molecule has 150 valence electrons. The highest BCUT2D eigenvalue weighted by Gasteiger charge is 2.25. The molecule has 0 atom stereocenters. The van der Waals surface area contributed by atoms with Crippen molar-refractivity contribution in [2.24, 2.45) is 0 Å². The average Bonchev–Trinajstić information content (AvgIpc) is 3.02. The summed E-state index contributed by atoms with van der Waals surface area (Å²) in [7, 11) is 0. The van der Waals surface area contributed by atoms with Crippen LogP contribution >= 0.6 is 0 Å². The number of carbonyl (C=O) groups excluding carboxylic acids is 1. The van der Waals surface area contributed by atoms with Gasteiger partial charge in [0.1, 0.15) is 0 Å². The normalized spacial score (nSPS) is 11.4. The second kappa shape index (κ2) is 8.08. The van der Waals surface area contributed by atoms with Gasteiger partial charge in [-0.15, -0.1) is 0 Å². The highest BCUT2D eigenvalue weighted by molar-refractivity contribution is 6.06. The summed E-state index contributed by atoms with van der Waals surface area (Å²) < 4.78 is 1.91. The Morgan fingerprint density at radius 2 is 1.90 bits per heavy atom. The first-order valence-corrected chi connectivity index (χ1v) is 9.91. The second-order valence-electron chi connectivity index (χ2n) is 8.47. The van der Waals surface area contributed by atoms with Gasteiger partial charge in [-0.05, 0) is 51.8 Å². The number of hydrogen-bond donors (Lipinski definition) is 1. The predicted molar refractivity (Wildman–Crippen MR) is 117 cm³/mol. The number of benzene rings is 1. The zero-order chi connectivity index (χ0) is 21.2. The molecule has 3 rings (SSSR count). The molecule has 2 aromatic heterocycles. The summed E-state index contributed by atoms with van der Waals surface area (Å²) >= 11 is 0. The van der Waals surface area contributed by atoms with Gasteiger partial charge in [0, 0.05) is 11.3 Å². The van der Waals surface area contributed by atoms with Gasteiger partial charge in [0.25, 0.3) is 5.91 Å². The number of hydrogen-bond acceptors (Lipinski definition) is 3. The van der Waals surface area contributed by atoms with Crippen LogP contribution < -0.4 is 5.32 Å². The van der Waals surface area contributed by atoms with E-state index in [2.05, 4.69) is 56.9 Å². The molecule has 0 spiro atoms. The molecule has 0 radical (unpaired) electrons. The van der Waals surface area contributed by atoms with E-state index in [-0.39, 0.29) is 23.9 Å². The first-order valence-electron chi connectivity index (χ1n) is 9.91. The highest BCUT2D eigenvalue weighted by atomic mass is 16.1. The van der Waals surface area contributed by atoms with E-state index in [1.54, 1.807) is 0 Å². The van der Waals surface area contributed by atoms with Crippen molar-refractivity contribution in [3.63, 3.8) is 0 Å². The summed E-state index contributed by atoms with van der Waals surface area (Å²) in [5, 5.41) is 8.42. The molecular weight excluding hydrogens is 360 g/mol. The molecule has 2 heterocycles. The van der Waals surface area contributed by atoms with E-state index in [9.17, 15) is 4.79 Å². The molecule has 0 bridgehead atoms. The first kappa shape index (κ1) is 20.6. The van der Waals surface area contributed by atoms with Crippen molar-refractivity contribution in [3.05, 3.63) is 58.9 Å². The minimum Gasteiger partial charge on any atom is -0.341 e. The molecule has 0 saturated heterocycles. The van der Waals surface area contributed by atoms with Crippen LogP contribution in [0.2, 0.25) is 0 Å². The maximum Gasteiger partial charge on any atom is 0.252 e. The third-order valence-electron chi connectivity index (χ3n) is 4.65. The lowest BCUT2D eigenvalue weighted by atomic mass is 10.0. The molecule has 5 heteroatoms. The summed E-state index contributed by atoms with van der Waals surface area (Å²) in [5.74, 6) is 6.12. The van der Waals surface area contributed by atoms with Crippen LogP contribution in [-0.2, 0) is 5.54 Å². The number of carbonyl (C=O) groups is 1. The Morgan fingerprint density at radius 3 is 2.52 bits per heavy atom. The van der Waals surface area contributed by atoms with Crippen molar-refractivity contribution in [3.8, 4) is 11.8 Å². The van der Waals surface area contributed by atoms with Crippen LogP contribution in [0.1, 0.15) is 67.8 Å². The van der Waals surface area contributed by atoms with Gasteiger partial charge in [-0.2, -0.15) is 5.10 Å². The maximum atomic E-state index is 13.0. The quantitative estimate of drug-likeness (QED) is 0.677. The minimum atomic E-state index is -0.232. The summed E-state index contributed by atoms with van der Waals surface area (Å²) in [6.45, 7) is 12.6. The van der Waals surface area contributed by atoms with Crippen molar-refractivity contribution in [2.45, 2.75) is 53.0 Å². The zero-order valence-electron chi connectivity index (χ0n) is 18.0. The van der Waals surface area contributed by atoms with E-state index in [1.165, 1.54) is 0 Å². The summed E-state index contributed by atoms with van der Waals surface area (Å²) in [6, 6.07) is 11.6. The molecule has 3 aromatic rings. The second-order valence-corrected chi connectivity index (χ2v) is 8.47. The number of aromatic nitrogens is 3. The number of nitrogens with zero attached hydrogens (tertiary/aromatic N) is 3. The zero-order valence-corrected chi connectivity index (χ0v) is 18.0. The molecule has 0 aliphatic heterocycles. The highest BCUT2D eigenvalue weighted by Crippen LogP contribution is 2.28. The van der Waals surface area contributed by atoms with Crippen LogP contribution in [-0.4, -0.2) is 27.2 Å². The molecule has 0 saturated carbocycles. The lowest BCUT2D eigenvalue weighted by Gasteiger charge is -2.20. The monoisotopic (exact) mass is 388 g/mol. The topological polar surface area (TPSA) is 59.8 Å². The molecular formula is C24H28N4O. The van der Waals surface area contributed by atoms with E-state index < -0.39 is 0 Å². The standard InChI is InChI=1S/C24H28N4O/c1-16(2)20-15-19(21-17(3)27-28(22(21)26-20)24(4,5)6)23(29)25-14-10-13-18-11-8-7-9-12-18/h7-9,11-12,15-16H,14H2,1-6H3,(H,25,29). The van der Waals surface area contributed by atoms with Gasteiger partial charge in [0.05, 0.1) is 28.7 Å². The number of amides is 1. The van der Waals surface area contributed by atoms with E-state index in [0.717, 1.165) is 28.0 Å². The summed E-state index contributed by atoms with van der Waals surface area (Å²) in [4.78, 5) is 17.8. The van der Waals surface area contributed by atoms with Crippen molar-refractivity contribution in [1.82, 2.24) is 20.1 Å². The molecule has 1 amide bonds. The molecule has 0 aliphatic carbocycles. The van der Waals surface area contributed by atoms with Gasteiger partial charge in [0.2, 0.25) is 0 Å². The molecule has 0 aliphatic rings. The molecule has 5 nitrogen and oxygen atoms in total. The fraction of sp³-hybridized carbons (Fsp3) is 0.375. The Hall–Kier alpha value is -3.13. The third kappa shape index (κ3) is 4.48.